The van der Waals surface area contributed by atoms with Crippen LogP contribution in [-0.2, 0) is 11.3 Å². The van der Waals surface area contributed by atoms with E-state index < -0.39 is 0 Å². The van der Waals surface area contributed by atoms with Crippen LogP contribution < -0.4 is 14.8 Å². The van der Waals surface area contributed by atoms with Crippen LogP contribution in [0.25, 0.3) is 0 Å². The number of benzene rings is 2. The minimum atomic E-state index is -0.0382. The van der Waals surface area contributed by atoms with Gasteiger partial charge in [-0.2, -0.15) is 0 Å². The molecule has 1 aliphatic rings. The van der Waals surface area contributed by atoms with E-state index in [9.17, 15) is 9.59 Å². The highest BCUT2D eigenvalue weighted by Gasteiger charge is 2.23. The number of amides is 2. The Morgan fingerprint density at radius 1 is 0.903 bits per heavy atom. The summed E-state index contributed by atoms with van der Waals surface area (Å²) in [6, 6.07) is 11.4. The van der Waals surface area contributed by atoms with Crippen LogP contribution in [0.1, 0.15) is 27.0 Å². The molecule has 1 N–H and O–H groups in total. The van der Waals surface area contributed by atoms with E-state index in [1.54, 1.807) is 14.2 Å². The van der Waals surface area contributed by atoms with E-state index in [1.165, 1.54) is 5.56 Å². The van der Waals surface area contributed by atoms with Crippen molar-refractivity contribution in [2.45, 2.75) is 20.4 Å². The minimum absolute atomic E-state index is 0.0382. The van der Waals surface area contributed by atoms with E-state index in [0.29, 0.717) is 50.8 Å². The summed E-state index contributed by atoms with van der Waals surface area (Å²) in [5.74, 6) is 1.31. The standard InChI is InChI=1S/C24H31N3O4/c1-17-5-7-20(13-18(17)2)24(29)27-11-9-26(10-12-27)16-23(28)25-15-19-6-8-21(30-3)22(14-19)31-4/h5-8,13-14H,9-12,15-16H2,1-4H3,(H,25,28). The first-order chi connectivity index (χ1) is 14.9. The summed E-state index contributed by atoms with van der Waals surface area (Å²) >= 11 is 0. The molecule has 0 bridgehead atoms. The highest BCUT2D eigenvalue weighted by molar-refractivity contribution is 5.94. The maximum atomic E-state index is 12.8. The van der Waals surface area contributed by atoms with Gasteiger partial charge in [0.25, 0.3) is 5.91 Å². The molecule has 0 saturated carbocycles. The number of carbonyl (C=O) groups is 2. The summed E-state index contributed by atoms with van der Waals surface area (Å²) in [6.07, 6.45) is 0. The number of rotatable bonds is 7. The molecule has 0 atom stereocenters. The van der Waals surface area contributed by atoms with Crippen LogP contribution in [0.5, 0.6) is 11.5 Å². The average molecular weight is 426 g/mol. The lowest BCUT2D eigenvalue weighted by Crippen LogP contribution is -2.51. The quantitative estimate of drug-likeness (QED) is 0.738. The number of hydrogen-bond donors (Lipinski definition) is 1. The normalized spacial score (nSPS) is 14.3. The predicted octanol–water partition coefficient (Wildman–Crippen LogP) is 2.39. The molecule has 1 aliphatic heterocycles. The number of ether oxygens (including phenoxy) is 2. The molecule has 0 aromatic heterocycles. The van der Waals surface area contributed by atoms with Crippen LogP contribution in [0.15, 0.2) is 36.4 Å². The zero-order valence-electron chi connectivity index (χ0n) is 18.7. The van der Waals surface area contributed by atoms with Crippen LogP contribution in [-0.4, -0.2) is 68.6 Å². The van der Waals surface area contributed by atoms with Crippen LogP contribution in [0, 0.1) is 13.8 Å². The highest BCUT2D eigenvalue weighted by atomic mass is 16.5. The third-order valence-electron chi connectivity index (χ3n) is 5.72. The average Bonchev–Trinajstić information content (AvgIpc) is 2.79. The number of hydrogen-bond acceptors (Lipinski definition) is 5. The largest absolute Gasteiger partial charge is 0.493 e. The fourth-order valence-electron chi connectivity index (χ4n) is 3.62. The lowest BCUT2D eigenvalue weighted by atomic mass is 10.1. The lowest BCUT2D eigenvalue weighted by Gasteiger charge is -2.34. The molecule has 1 fully saturated rings. The van der Waals surface area contributed by atoms with E-state index in [0.717, 1.165) is 16.7 Å². The molecule has 2 aromatic rings. The number of aryl methyl sites for hydroxylation is 2. The molecule has 0 aliphatic carbocycles. The Balaban J connectivity index is 1.45. The molecule has 0 spiro atoms. The smallest absolute Gasteiger partial charge is 0.253 e. The Kier molecular flexibility index (Phi) is 7.52. The second-order valence-electron chi connectivity index (χ2n) is 7.83. The first-order valence-corrected chi connectivity index (χ1v) is 10.5. The summed E-state index contributed by atoms with van der Waals surface area (Å²) in [5, 5.41) is 2.95. The molecular weight excluding hydrogens is 394 g/mol. The zero-order valence-corrected chi connectivity index (χ0v) is 18.7. The molecule has 31 heavy (non-hydrogen) atoms. The Hall–Kier alpha value is -3.06. The first-order valence-electron chi connectivity index (χ1n) is 10.5. The van der Waals surface area contributed by atoms with Crippen LogP contribution in [0.2, 0.25) is 0 Å². The van der Waals surface area contributed by atoms with E-state index in [1.807, 2.05) is 55.1 Å². The van der Waals surface area contributed by atoms with Crippen molar-refractivity contribution in [1.29, 1.82) is 0 Å². The van der Waals surface area contributed by atoms with Gasteiger partial charge >= 0.3 is 0 Å². The predicted molar refractivity (Wildman–Crippen MR) is 120 cm³/mol. The van der Waals surface area contributed by atoms with E-state index >= 15 is 0 Å². The fourth-order valence-corrected chi connectivity index (χ4v) is 3.62. The molecular formula is C24H31N3O4. The fraction of sp³-hybridized carbons (Fsp3) is 0.417. The van der Waals surface area contributed by atoms with Crippen molar-refractivity contribution in [3.8, 4) is 11.5 Å². The Morgan fingerprint density at radius 2 is 1.61 bits per heavy atom. The van der Waals surface area contributed by atoms with Gasteiger partial charge in [0, 0.05) is 38.3 Å². The Morgan fingerprint density at radius 3 is 2.26 bits per heavy atom. The van der Waals surface area contributed by atoms with E-state index in [2.05, 4.69) is 10.2 Å². The maximum Gasteiger partial charge on any atom is 0.253 e. The van der Waals surface area contributed by atoms with Crippen molar-refractivity contribution in [3.05, 3.63) is 58.7 Å². The highest BCUT2D eigenvalue weighted by Crippen LogP contribution is 2.27. The van der Waals surface area contributed by atoms with Gasteiger partial charge in [-0.25, -0.2) is 0 Å². The van der Waals surface area contributed by atoms with Crippen molar-refractivity contribution in [2.24, 2.45) is 0 Å². The third kappa shape index (κ3) is 5.76. The molecule has 7 nitrogen and oxygen atoms in total. The van der Waals surface area contributed by atoms with Gasteiger partial charge in [-0.1, -0.05) is 12.1 Å². The van der Waals surface area contributed by atoms with Gasteiger partial charge in [0.1, 0.15) is 0 Å². The summed E-state index contributed by atoms with van der Waals surface area (Å²) < 4.78 is 10.5. The van der Waals surface area contributed by atoms with Gasteiger partial charge in [-0.15, -0.1) is 0 Å². The first kappa shape index (κ1) is 22.6. The van der Waals surface area contributed by atoms with Crippen molar-refractivity contribution >= 4 is 11.8 Å². The number of piperazine rings is 1. The molecule has 2 aromatic carbocycles. The van der Waals surface area contributed by atoms with Gasteiger partial charge in [0.2, 0.25) is 5.91 Å². The van der Waals surface area contributed by atoms with Gasteiger partial charge in [-0.3, -0.25) is 14.5 Å². The molecule has 166 valence electrons. The lowest BCUT2D eigenvalue weighted by molar-refractivity contribution is -0.122. The Bertz CT molecular complexity index is 936. The maximum absolute atomic E-state index is 12.8. The van der Waals surface area contributed by atoms with Crippen molar-refractivity contribution < 1.29 is 19.1 Å². The molecule has 1 heterocycles. The third-order valence-corrected chi connectivity index (χ3v) is 5.72. The number of nitrogens with one attached hydrogen (secondary N) is 1. The molecule has 0 unspecified atom stereocenters. The number of nitrogens with zero attached hydrogens (tertiary/aromatic N) is 2. The van der Waals surface area contributed by atoms with E-state index in [4.69, 9.17) is 9.47 Å². The number of carbonyl (C=O) groups excluding carboxylic acids is 2. The van der Waals surface area contributed by atoms with Crippen molar-refractivity contribution in [1.82, 2.24) is 15.1 Å². The molecule has 1 saturated heterocycles. The number of methoxy groups -OCH3 is 2. The topological polar surface area (TPSA) is 71.1 Å². The summed E-state index contributed by atoms with van der Waals surface area (Å²) in [5.41, 5.74) is 3.97. The van der Waals surface area contributed by atoms with Gasteiger partial charge in [-0.05, 0) is 54.8 Å². The van der Waals surface area contributed by atoms with Crippen LogP contribution in [0.4, 0.5) is 0 Å². The summed E-state index contributed by atoms with van der Waals surface area (Å²) in [7, 11) is 3.18. The van der Waals surface area contributed by atoms with Crippen LogP contribution in [0.3, 0.4) is 0 Å². The molecule has 2 amide bonds. The van der Waals surface area contributed by atoms with Gasteiger partial charge in [0.05, 0.1) is 20.8 Å². The van der Waals surface area contributed by atoms with Crippen molar-refractivity contribution in [2.75, 3.05) is 46.9 Å². The second kappa shape index (κ2) is 10.3. The molecule has 0 radical (unpaired) electrons. The minimum Gasteiger partial charge on any atom is -0.493 e. The monoisotopic (exact) mass is 425 g/mol. The zero-order chi connectivity index (χ0) is 22.4. The van der Waals surface area contributed by atoms with E-state index in [-0.39, 0.29) is 11.8 Å². The van der Waals surface area contributed by atoms with Gasteiger partial charge < -0.3 is 19.7 Å². The second-order valence-corrected chi connectivity index (χ2v) is 7.83. The Labute approximate surface area is 183 Å². The van der Waals surface area contributed by atoms with Crippen LogP contribution >= 0.6 is 0 Å². The molecule has 3 rings (SSSR count). The SMILES string of the molecule is COc1ccc(CNC(=O)CN2CCN(C(=O)c3ccc(C)c(C)c3)CC2)cc1OC. The summed E-state index contributed by atoms with van der Waals surface area (Å²) in [6.45, 7) is 7.40. The summed E-state index contributed by atoms with van der Waals surface area (Å²) in [4.78, 5) is 29.1. The van der Waals surface area contributed by atoms with Crippen molar-refractivity contribution in [3.63, 3.8) is 0 Å². The van der Waals surface area contributed by atoms with Gasteiger partial charge in [0.15, 0.2) is 11.5 Å². The molecule has 7 heteroatoms.